The lowest BCUT2D eigenvalue weighted by Crippen LogP contribution is -2.43. The van der Waals surface area contributed by atoms with E-state index < -0.39 is 0 Å². The van der Waals surface area contributed by atoms with Crippen LogP contribution in [-0.4, -0.2) is 52.2 Å². The first-order chi connectivity index (χ1) is 10.6. The van der Waals surface area contributed by atoms with Gasteiger partial charge in [-0.3, -0.25) is 0 Å². The number of carbonyl (C=O) groups is 1. The molecule has 1 aliphatic carbocycles. The molecule has 0 spiro atoms. The normalized spacial score (nSPS) is 27.2. The summed E-state index contributed by atoms with van der Waals surface area (Å²) in [5, 5.41) is 4.24. The maximum Gasteiger partial charge on any atom is 0.320 e. The minimum atomic E-state index is -0.0836. The Labute approximate surface area is 131 Å². The summed E-state index contributed by atoms with van der Waals surface area (Å²) in [6.07, 6.45) is 4.16. The molecule has 1 saturated carbocycles. The average Bonchev–Trinajstić information content (AvgIpc) is 3.21. The molecule has 0 bridgehead atoms. The van der Waals surface area contributed by atoms with E-state index in [1.165, 1.54) is 6.42 Å². The molecule has 1 saturated heterocycles. The third kappa shape index (κ3) is 2.29. The van der Waals surface area contributed by atoms with Gasteiger partial charge in [0.25, 0.3) is 0 Å². The summed E-state index contributed by atoms with van der Waals surface area (Å²) in [4.78, 5) is 21.1. The Morgan fingerprint density at radius 2 is 2.18 bits per heavy atom. The fraction of sp³-hybridized carbons (Fsp3) is 0.812. The van der Waals surface area contributed by atoms with Gasteiger partial charge in [-0.05, 0) is 32.6 Å². The minimum absolute atomic E-state index is 0.0836. The van der Waals surface area contributed by atoms with Gasteiger partial charge >= 0.3 is 6.03 Å². The van der Waals surface area contributed by atoms with Gasteiger partial charge in [0.2, 0.25) is 5.89 Å². The standard InChI is InChI=1S/C16H26N4O2/c1-4-13-17-14(18-22-13)16-9-7-8-12(16)10-20(11-16)15(21)19(5-2)6-3/h12H,4-11H2,1-3H3/t12-,16-/m1/s1. The topological polar surface area (TPSA) is 62.5 Å². The number of nitrogens with zero attached hydrogens (tertiary/aromatic N) is 4. The van der Waals surface area contributed by atoms with Crippen LogP contribution in [0.3, 0.4) is 0 Å². The van der Waals surface area contributed by atoms with Crippen molar-refractivity contribution < 1.29 is 9.32 Å². The van der Waals surface area contributed by atoms with Gasteiger partial charge in [-0.1, -0.05) is 18.5 Å². The molecule has 0 aromatic carbocycles. The second-order valence-corrected chi connectivity index (χ2v) is 6.45. The van der Waals surface area contributed by atoms with Crippen LogP contribution in [0.15, 0.2) is 4.52 Å². The number of hydrogen-bond acceptors (Lipinski definition) is 4. The fourth-order valence-corrected chi connectivity index (χ4v) is 4.10. The van der Waals surface area contributed by atoms with Crippen LogP contribution in [0.5, 0.6) is 0 Å². The smallest absolute Gasteiger partial charge is 0.320 e. The average molecular weight is 306 g/mol. The molecule has 2 amide bonds. The van der Waals surface area contributed by atoms with E-state index in [4.69, 9.17) is 4.52 Å². The van der Waals surface area contributed by atoms with Crippen LogP contribution < -0.4 is 0 Å². The quantitative estimate of drug-likeness (QED) is 0.857. The molecule has 3 rings (SSSR count). The predicted octanol–water partition coefficient (Wildman–Crippen LogP) is 2.45. The molecule has 6 nitrogen and oxygen atoms in total. The van der Waals surface area contributed by atoms with Crippen molar-refractivity contribution in [3.8, 4) is 0 Å². The number of aryl methyl sites for hydroxylation is 1. The Hall–Kier alpha value is -1.59. The van der Waals surface area contributed by atoms with E-state index in [9.17, 15) is 4.79 Å². The van der Waals surface area contributed by atoms with Crippen molar-refractivity contribution in [3.05, 3.63) is 11.7 Å². The fourth-order valence-electron chi connectivity index (χ4n) is 4.10. The predicted molar refractivity (Wildman–Crippen MR) is 82.6 cm³/mol. The molecule has 1 aliphatic heterocycles. The maximum absolute atomic E-state index is 12.7. The van der Waals surface area contributed by atoms with Gasteiger partial charge in [0.15, 0.2) is 5.82 Å². The lowest BCUT2D eigenvalue weighted by atomic mass is 9.80. The highest BCUT2D eigenvalue weighted by atomic mass is 16.5. The number of fused-ring (bicyclic) bond motifs is 1. The van der Waals surface area contributed by atoms with Crippen molar-refractivity contribution in [3.63, 3.8) is 0 Å². The minimum Gasteiger partial charge on any atom is -0.339 e. The first kappa shape index (κ1) is 15.3. The van der Waals surface area contributed by atoms with Gasteiger partial charge in [0, 0.05) is 32.6 Å². The molecule has 2 atom stereocenters. The molecule has 0 radical (unpaired) electrons. The van der Waals surface area contributed by atoms with Crippen molar-refractivity contribution >= 4 is 6.03 Å². The van der Waals surface area contributed by atoms with Gasteiger partial charge in [-0.25, -0.2) is 4.79 Å². The van der Waals surface area contributed by atoms with Crippen LogP contribution in [-0.2, 0) is 11.8 Å². The molecule has 22 heavy (non-hydrogen) atoms. The highest BCUT2D eigenvalue weighted by molar-refractivity contribution is 5.75. The summed E-state index contributed by atoms with van der Waals surface area (Å²) >= 11 is 0. The van der Waals surface area contributed by atoms with Crippen LogP contribution in [0.1, 0.15) is 51.7 Å². The number of hydrogen-bond donors (Lipinski definition) is 0. The van der Waals surface area contributed by atoms with E-state index in [-0.39, 0.29) is 11.4 Å². The van der Waals surface area contributed by atoms with Crippen molar-refractivity contribution in [2.24, 2.45) is 5.92 Å². The van der Waals surface area contributed by atoms with Crippen molar-refractivity contribution in [2.45, 2.75) is 51.9 Å². The Morgan fingerprint density at radius 1 is 1.41 bits per heavy atom. The molecule has 122 valence electrons. The SMILES string of the molecule is CCc1nc([C@@]23CCC[C@@H]2CN(C(=O)N(CC)CC)C3)no1. The molecule has 0 N–H and O–H groups in total. The van der Waals surface area contributed by atoms with Crippen LogP contribution >= 0.6 is 0 Å². The highest BCUT2D eigenvalue weighted by Gasteiger charge is 2.54. The molecular weight excluding hydrogens is 280 g/mol. The van der Waals surface area contributed by atoms with Gasteiger partial charge in [-0.2, -0.15) is 4.98 Å². The maximum atomic E-state index is 12.7. The van der Waals surface area contributed by atoms with Crippen molar-refractivity contribution in [1.29, 1.82) is 0 Å². The van der Waals surface area contributed by atoms with E-state index in [1.807, 2.05) is 30.6 Å². The Morgan fingerprint density at radius 3 is 2.82 bits per heavy atom. The van der Waals surface area contributed by atoms with Gasteiger partial charge < -0.3 is 14.3 Å². The molecule has 6 heteroatoms. The van der Waals surface area contributed by atoms with Crippen LogP contribution in [0.25, 0.3) is 0 Å². The van der Waals surface area contributed by atoms with Crippen molar-refractivity contribution in [2.75, 3.05) is 26.2 Å². The monoisotopic (exact) mass is 306 g/mol. The molecule has 1 aromatic rings. The van der Waals surface area contributed by atoms with E-state index in [1.54, 1.807) is 0 Å². The second kappa shape index (κ2) is 5.89. The Bertz CT molecular complexity index is 540. The third-order valence-corrected chi connectivity index (χ3v) is 5.39. The van der Waals surface area contributed by atoms with E-state index >= 15 is 0 Å². The lowest BCUT2D eigenvalue weighted by molar-refractivity contribution is 0.163. The van der Waals surface area contributed by atoms with Crippen molar-refractivity contribution in [1.82, 2.24) is 19.9 Å². The molecule has 2 aliphatic rings. The largest absolute Gasteiger partial charge is 0.339 e. The molecule has 2 heterocycles. The summed E-state index contributed by atoms with van der Waals surface area (Å²) in [5.41, 5.74) is -0.0836. The van der Waals surface area contributed by atoms with Gasteiger partial charge in [0.05, 0.1) is 5.41 Å². The summed E-state index contributed by atoms with van der Waals surface area (Å²) in [7, 11) is 0. The van der Waals surface area contributed by atoms with E-state index in [0.717, 1.165) is 51.3 Å². The zero-order valence-corrected chi connectivity index (χ0v) is 13.8. The van der Waals surface area contributed by atoms with Crippen LogP contribution in [0.2, 0.25) is 0 Å². The zero-order valence-electron chi connectivity index (χ0n) is 13.8. The van der Waals surface area contributed by atoms with E-state index in [2.05, 4.69) is 10.1 Å². The molecule has 1 aromatic heterocycles. The number of rotatable bonds is 4. The number of likely N-dealkylation sites (tertiary alicyclic amines) is 1. The zero-order chi connectivity index (χ0) is 15.7. The number of urea groups is 1. The number of carbonyl (C=O) groups excluding carboxylic acids is 1. The summed E-state index contributed by atoms with van der Waals surface area (Å²) in [5.74, 6) is 1.99. The first-order valence-electron chi connectivity index (χ1n) is 8.51. The summed E-state index contributed by atoms with van der Waals surface area (Å²) < 4.78 is 5.34. The Balaban J connectivity index is 1.83. The van der Waals surface area contributed by atoms with Crippen LogP contribution in [0, 0.1) is 5.92 Å². The second-order valence-electron chi connectivity index (χ2n) is 6.45. The highest BCUT2D eigenvalue weighted by Crippen LogP contribution is 2.49. The van der Waals surface area contributed by atoms with E-state index in [0.29, 0.717) is 11.8 Å². The summed E-state index contributed by atoms with van der Waals surface area (Å²) in [6, 6.07) is 0.151. The molecule has 0 unspecified atom stereocenters. The molecular formula is C16H26N4O2. The van der Waals surface area contributed by atoms with Crippen LogP contribution in [0.4, 0.5) is 4.79 Å². The first-order valence-corrected chi connectivity index (χ1v) is 8.51. The number of aromatic nitrogens is 2. The third-order valence-electron chi connectivity index (χ3n) is 5.39. The van der Waals surface area contributed by atoms with Gasteiger partial charge in [0.1, 0.15) is 0 Å². The Kier molecular flexibility index (Phi) is 4.10. The molecule has 2 fully saturated rings. The van der Waals surface area contributed by atoms with Gasteiger partial charge in [-0.15, -0.1) is 0 Å². The lowest BCUT2D eigenvalue weighted by Gasteiger charge is -2.28. The number of amides is 2. The summed E-state index contributed by atoms with van der Waals surface area (Å²) in [6.45, 7) is 9.14.